The number of nitrogens with one attached hydrogen (secondary N) is 1. The first-order chi connectivity index (χ1) is 6.12. The van der Waals surface area contributed by atoms with Crippen LogP contribution in [-0.2, 0) is 6.42 Å². The van der Waals surface area contributed by atoms with Crippen LogP contribution in [0.15, 0.2) is 10.8 Å². The highest BCUT2D eigenvalue weighted by molar-refractivity contribution is 5.18. The third-order valence-corrected chi connectivity index (χ3v) is 2.75. The summed E-state index contributed by atoms with van der Waals surface area (Å²) in [5.41, 5.74) is 1.42. The number of oxazole rings is 1. The zero-order valence-electron chi connectivity index (χ0n) is 8.42. The van der Waals surface area contributed by atoms with Gasteiger partial charge in [-0.15, -0.1) is 0 Å². The van der Waals surface area contributed by atoms with Crippen LogP contribution in [-0.4, -0.2) is 12.0 Å². The molecule has 0 saturated carbocycles. The third-order valence-electron chi connectivity index (χ3n) is 2.75. The lowest BCUT2D eigenvalue weighted by atomic mass is 9.76. The van der Waals surface area contributed by atoms with Gasteiger partial charge in [0, 0.05) is 6.42 Å². The van der Waals surface area contributed by atoms with Crippen molar-refractivity contribution in [3.8, 4) is 0 Å². The zero-order valence-corrected chi connectivity index (χ0v) is 8.42. The lowest BCUT2D eigenvalue weighted by Gasteiger charge is -2.33. The van der Waals surface area contributed by atoms with Gasteiger partial charge in [-0.2, -0.15) is 0 Å². The molecule has 0 amide bonds. The molecule has 0 aliphatic heterocycles. The van der Waals surface area contributed by atoms with Gasteiger partial charge < -0.3 is 9.73 Å². The van der Waals surface area contributed by atoms with Crippen LogP contribution < -0.4 is 5.32 Å². The molecule has 1 heterocycles. The van der Waals surface area contributed by atoms with Crippen molar-refractivity contribution in [3.05, 3.63) is 17.8 Å². The summed E-state index contributed by atoms with van der Waals surface area (Å²) in [6, 6.07) is 0.359. The largest absolute Gasteiger partial charge is 0.448 e. The van der Waals surface area contributed by atoms with Crippen molar-refractivity contribution in [2.75, 3.05) is 7.05 Å². The number of rotatable bonds is 1. The maximum Gasteiger partial charge on any atom is 0.181 e. The average molecular weight is 180 g/mol. The summed E-state index contributed by atoms with van der Waals surface area (Å²) in [5.74, 6) is 1.05. The van der Waals surface area contributed by atoms with Crippen molar-refractivity contribution in [1.29, 1.82) is 0 Å². The Bertz CT molecular complexity index is 304. The second-order valence-corrected chi connectivity index (χ2v) is 4.55. The van der Waals surface area contributed by atoms with Crippen molar-refractivity contribution in [2.24, 2.45) is 5.41 Å². The van der Waals surface area contributed by atoms with E-state index in [0.717, 1.165) is 24.3 Å². The third kappa shape index (κ3) is 1.48. The predicted molar refractivity (Wildman–Crippen MR) is 50.4 cm³/mol. The van der Waals surface area contributed by atoms with E-state index in [1.54, 1.807) is 6.39 Å². The smallest absolute Gasteiger partial charge is 0.181 e. The van der Waals surface area contributed by atoms with Crippen molar-refractivity contribution in [2.45, 2.75) is 32.7 Å². The summed E-state index contributed by atoms with van der Waals surface area (Å²) in [5, 5.41) is 3.28. The molecule has 0 spiro atoms. The normalized spacial score (nSPS) is 25.6. The fourth-order valence-electron chi connectivity index (χ4n) is 2.09. The Morgan fingerprint density at radius 2 is 2.38 bits per heavy atom. The summed E-state index contributed by atoms with van der Waals surface area (Å²) in [7, 11) is 1.98. The number of fused-ring (bicyclic) bond motifs is 1. The van der Waals surface area contributed by atoms with Gasteiger partial charge in [0.2, 0.25) is 0 Å². The Hall–Kier alpha value is -0.830. The Labute approximate surface area is 78.5 Å². The first-order valence-corrected chi connectivity index (χ1v) is 4.72. The van der Waals surface area contributed by atoms with Crippen molar-refractivity contribution < 1.29 is 4.42 Å². The summed E-state index contributed by atoms with van der Waals surface area (Å²) < 4.78 is 5.37. The number of aromatic nitrogens is 1. The van der Waals surface area contributed by atoms with E-state index in [1.165, 1.54) is 0 Å². The Kier molecular flexibility index (Phi) is 1.91. The molecule has 1 aliphatic rings. The molecule has 3 heteroatoms. The van der Waals surface area contributed by atoms with Gasteiger partial charge in [0.25, 0.3) is 0 Å². The van der Waals surface area contributed by atoms with Crippen LogP contribution in [0.25, 0.3) is 0 Å². The van der Waals surface area contributed by atoms with Crippen molar-refractivity contribution >= 4 is 0 Å². The SMILES string of the molecule is CNC1CC(C)(C)Cc2ocnc21. The quantitative estimate of drug-likeness (QED) is 0.717. The molecule has 1 aromatic heterocycles. The van der Waals surface area contributed by atoms with Gasteiger partial charge in [0.15, 0.2) is 6.39 Å². The van der Waals surface area contributed by atoms with Crippen molar-refractivity contribution in [1.82, 2.24) is 10.3 Å². The van der Waals surface area contributed by atoms with Gasteiger partial charge in [-0.1, -0.05) is 13.8 Å². The number of hydrogen-bond acceptors (Lipinski definition) is 3. The molecule has 0 fully saturated rings. The fourth-order valence-corrected chi connectivity index (χ4v) is 2.09. The minimum Gasteiger partial charge on any atom is -0.448 e. The first-order valence-electron chi connectivity index (χ1n) is 4.72. The van der Waals surface area contributed by atoms with E-state index in [2.05, 4.69) is 24.1 Å². The molecule has 72 valence electrons. The fraction of sp³-hybridized carbons (Fsp3) is 0.700. The molecule has 0 bridgehead atoms. The summed E-state index contributed by atoms with van der Waals surface area (Å²) in [6.07, 6.45) is 3.68. The van der Waals surface area contributed by atoms with Crippen LogP contribution in [0.4, 0.5) is 0 Å². The second-order valence-electron chi connectivity index (χ2n) is 4.55. The van der Waals surface area contributed by atoms with E-state index < -0.39 is 0 Å². The Morgan fingerprint density at radius 1 is 1.62 bits per heavy atom. The minimum absolute atomic E-state index is 0.320. The molecule has 1 atom stereocenters. The minimum atomic E-state index is 0.320. The van der Waals surface area contributed by atoms with E-state index in [4.69, 9.17) is 4.42 Å². The topological polar surface area (TPSA) is 38.1 Å². The van der Waals surface area contributed by atoms with E-state index in [9.17, 15) is 0 Å². The van der Waals surface area contributed by atoms with Gasteiger partial charge >= 0.3 is 0 Å². The molecule has 1 unspecified atom stereocenters. The molecular formula is C10H16N2O. The molecule has 3 nitrogen and oxygen atoms in total. The average Bonchev–Trinajstić information content (AvgIpc) is 2.48. The standard InChI is InChI=1S/C10H16N2O/c1-10(2)4-7(11-3)9-8(5-10)13-6-12-9/h6-7,11H,4-5H2,1-3H3. The maximum absolute atomic E-state index is 5.37. The number of hydrogen-bond donors (Lipinski definition) is 1. The summed E-state index contributed by atoms with van der Waals surface area (Å²) in [4.78, 5) is 4.25. The molecule has 1 N–H and O–H groups in total. The number of nitrogens with zero attached hydrogens (tertiary/aromatic N) is 1. The predicted octanol–water partition coefficient (Wildman–Crippen LogP) is 1.91. The van der Waals surface area contributed by atoms with Crippen LogP contribution in [0.3, 0.4) is 0 Å². The van der Waals surface area contributed by atoms with Crippen LogP contribution in [0.5, 0.6) is 0 Å². The van der Waals surface area contributed by atoms with Gasteiger partial charge in [-0.25, -0.2) is 4.98 Å². The van der Waals surface area contributed by atoms with Gasteiger partial charge in [-0.3, -0.25) is 0 Å². The summed E-state index contributed by atoms with van der Waals surface area (Å²) in [6.45, 7) is 4.53. The molecule has 0 aromatic carbocycles. The highest BCUT2D eigenvalue weighted by Gasteiger charge is 2.34. The molecule has 2 rings (SSSR count). The molecule has 13 heavy (non-hydrogen) atoms. The molecule has 1 aromatic rings. The maximum atomic E-state index is 5.37. The Morgan fingerprint density at radius 3 is 3.08 bits per heavy atom. The summed E-state index contributed by atoms with van der Waals surface area (Å²) >= 11 is 0. The van der Waals surface area contributed by atoms with Crippen LogP contribution in [0.2, 0.25) is 0 Å². The van der Waals surface area contributed by atoms with Crippen LogP contribution in [0, 0.1) is 5.41 Å². The van der Waals surface area contributed by atoms with Crippen LogP contribution >= 0.6 is 0 Å². The molecular weight excluding hydrogens is 164 g/mol. The highest BCUT2D eigenvalue weighted by atomic mass is 16.3. The first kappa shape index (κ1) is 8.75. The molecule has 0 saturated heterocycles. The monoisotopic (exact) mass is 180 g/mol. The zero-order chi connectivity index (χ0) is 9.47. The Balaban J connectivity index is 2.36. The highest BCUT2D eigenvalue weighted by Crippen LogP contribution is 2.39. The van der Waals surface area contributed by atoms with E-state index in [0.29, 0.717) is 11.5 Å². The van der Waals surface area contributed by atoms with Gasteiger partial charge in [0.1, 0.15) is 5.76 Å². The van der Waals surface area contributed by atoms with E-state index in [1.807, 2.05) is 7.05 Å². The van der Waals surface area contributed by atoms with Gasteiger partial charge in [0.05, 0.1) is 11.7 Å². The lowest BCUT2D eigenvalue weighted by molar-refractivity contribution is 0.240. The van der Waals surface area contributed by atoms with Crippen molar-refractivity contribution in [3.63, 3.8) is 0 Å². The molecule has 0 radical (unpaired) electrons. The van der Waals surface area contributed by atoms with E-state index >= 15 is 0 Å². The van der Waals surface area contributed by atoms with Gasteiger partial charge in [-0.05, 0) is 18.9 Å². The van der Waals surface area contributed by atoms with E-state index in [-0.39, 0.29) is 0 Å². The lowest BCUT2D eigenvalue weighted by Crippen LogP contribution is -2.31. The second kappa shape index (κ2) is 2.84. The van der Waals surface area contributed by atoms with Crippen LogP contribution in [0.1, 0.15) is 37.8 Å². The molecule has 1 aliphatic carbocycles.